The number of nitrogen functional groups attached to an aromatic ring is 1. The third-order valence-corrected chi connectivity index (χ3v) is 5.17. The molecule has 106 valence electrons. The van der Waals surface area contributed by atoms with Crippen LogP contribution >= 0.6 is 15.9 Å². The van der Waals surface area contributed by atoms with Crippen molar-refractivity contribution in [2.75, 3.05) is 12.3 Å². The van der Waals surface area contributed by atoms with Crippen LogP contribution in [0.5, 0.6) is 0 Å². The van der Waals surface area contributed by atoms with Crippen molar-refractivity contribution in [3.63, 3.8) is 0 Å². The van der Waals surface area contributed by atoms with Gasteiger partial charge in [0.1, 0.15) is 4.90 Å². The lowest BCUT2D eigenvalue weighted by molar-refractivity contribution is -0.00475. The molecule has 1 aliphatic rings. The van der Waals surface area contributed by atoms with Crippen molar-refractivity contribution in [1.82, 2.24) is 4.72 Å². The summed E-state index contributed by atoms with van der Waals surface area (Å²) in [6.07, 6.45) is 1.59. The second-order valence-corrected chi connectivity index (χ2v) is 7.15. The van der Waals surface area contributed by atoms with Gasteiger partial charge in [-0.3, -0.25) is 0 Å². The summed E-state index contributed by atoms with van der Waals surface area (Å²) in [4.78, 5) is 0.121. The standard InChI is InChI=1S/C12H17BrN2O3S/c1-2-18-10-6-9(7-10)15-19(16,17)12-4-3-8(13)5-11(12)14/h3-5,9-10,15H,2,6-7,14H2,1H3. The average Bonchev–Trinajstić information content (AvgIpc) is 2.25. The highest BCUT2D eigenvalue weighted by Gasteiger charge is 2.33. The maximum Gasteiger partial charge on any atom is 0.242 e. The van der Waals surface area contributed by atoms with E-state index in [4.69, 9.17) is 10.5 Å². The van der Waals surface area contributed by atoms with Crippen LogP contribution in [-0.2, 0) is 14.8 Å². The van der Waals surface area contributed by atoms with E-state index in [9.17, 15) is 8.42 Å². The Labute approximate surface area is 121 Å². The summed E-state index contributed by atoms with van der Waals surface area (Å²) >= 11 is 3.25. The van der Waals surface area contributed by atoms with Gasteiger partial charge >= 0.3 is 0 Å². The number of hydrogen-bond acceptors (Lipinski definition) is 4. The molecular weight excluding hydrogens is 332 g/mol. The van der Waals surface area contributed by atoms with Crippen molar-refractivity contribution >= 4 is 31.6 Å². The normalized spacial score (nSPS) is 23.1. The van der Waals surface area contributed by atoms with Gasteiger partial charge in [0.05, 0.1) is 11.8 Å². The van der Waals surface area contributed by atoms with Crippen molar-refractivity contribution in [2.24, 2.45) is 0 Å². The van der Waals surface area contributed by atoms with Gasteiger partial charge in [-0.15, -0.1) is 0 Å². The zero-order valence-corrected chi connectivity index (χ0v) is 13.0. The molecule has 0 bridgehead atoms. The van der Waals surface area contributed by atoms with Crippen LogP contribution in [0.15, 0.2) is 27.6 Å². The van der Waals surface area contributed by atoms with Gasteiger partial charge in [0.15, 0.2) is 0 Å². The number of rotatable bonds is 5. The minimum atomic E-state index is -3.56. The zero-order valence-electron chi connectivity index (χ0n) is 10.6. The molecule has 7 heteroatoms. The first-order valence-corrected chi connectivity index (χ1v) is 8.39. The summed E-state index contributed by atoms with van der Waals surface area (Å²) < 4.78 is 33.2. The predicted molar refractivity (Wildman–Crippen MR) is 77.3 cm³/mol. The van der Waals surface area contributed by atoms with Crippen molar-refractivity contribution in [3.8, 4) is 0 Å². The van der Waals surface area contributed by atoms with E-state index in [1.165, 1.54) is 6.07 Å². The Morgan fingerprint density at radius 2 is 2.16 bits per heavy atom. The largest absolute Gasteiger partial charge is 0.398 e. The maximum atomic E-state index is 12.2. The summed E-state index contributed by atoms with van der Waals surface area (Å²) in [6.45, 7) is 2.59. The van der Waals surface area contributed by atoms with Crippen LogP contribution in [0.4, 0.5) is 5.69 Å². The molecular formula is C12H17BrN2O3S. The fourth-order valence-electron chi connectivity index (χ4n) is 2.08. The van der Waals surface area contributed by atoms with E-state index in [0.29, 0.717) is 19.4 Å². The summed E-state index contributed by atoms with van der Waals surface area (Å²) in [5, 5.41) is 0. The fourth-order valence-corrected chi connectivity index (χ4v) is 3.83. The van der Waals surface area contributed by atoms with Crippen LogP contribution in [0, 0.1) is 0 Å². The van der Waals surface area contributed by atoms with Crippen LogP contribution in [0.2, 0.25) is 0 Å². The Balaban J connectivity index is 2.03. The van der Waals surface area contributed by atoms with E-state index < -0.39 is 10.0 Å². The Hall–Kier alpha value is -0.630. The molecule has 0 aromatic heterocycles. The first kappa shape index (κ1) is 14.8. The van der Waals surface area contributed by atoms with Crippen LogP contribution in [0.1, 0.15) is 19.8 Å². The van der Waals surface area contributed by atoms with Gasteiger partial charge in [0.2, 0.25) is 10.0 Å². The number of hydrogen-bond donors (Lipinski definition) is 2. The molecule has 0 aliphatic heterocycles. The number of nitrogens with one attached hydrogen (secondary N) is 1. The van der Waals surface area contributed by atoms with Crippen LogP contribution < -0.4 is 10.5 Å². The Kier molecular flexibility index (Phi) is 4.50. The van der Waals surface area contributed by atoms with Crippen LogP contribution in [0.25, 0.3) is 0 Å². The molecule has 0 unspecified atom stereocenters. The lowest BCUT2D eigenvalue weighted by atomic mass is 9.90. The quantitative estimate of drug-likeness (QED) is 0.796. The van der Waals surface area contributed by atoms with Crippen molar-refractivity contribution in [2.45, 2.75) is 36.8 Å². The van der Waals surface area contributed by atoms with Gasteiger partial charge in [-0.05, 0) is 38.0 Å². The molecule has 0 atom stereocenters. The molecule has 1 saturated carbocycles. The Morgan fingerprint density at radius 3 is 2.74 bits per heavy atom. The van der Waals surface area contributed by atoms with Gasteiger partial charge in [0, 0.05) is 17.1 Å². The smallest absolute Gasteiger partial charge is 0.242 e. The topological polar surface area (TPSA) is 81.4 Å². The molecule has 1 aromatic carbocycles. The van der Waals surface area contributed by atoms with E-state index in [1.54, 1.807) is 12.1 Å². The van der Waals surface area contributed by atoms with Gasteiger partial charge in [-0.2, -0.15) is 0 Å². The van der Waals surface area contributed by atoms with Gasteiger partial charge in [0.25, 0.3) is 0 Å². The molecule has 19 heavy (non-hydrogen) atoms. The fraction of sp³-hybridized carbons (Fsp3) is 0.500. The Morgan fingerprint density at radius 1 is 1.47 bits per heavy atom. The lowest BCUT2D eigenvalue weighted by Crippen LogP contribution is -2.47. The highest BCUT2D eigenvalue weighted by Crippen LogP contribution is 2.27. The van der Waals surface area contributed by atoms with E-state index in [2.05, 4.69) is 20.7 Å². The summed E-state index contributed by atoms with van der Waals surface area (Å²) in [6, 6.07) is 4.68. The molecule has 5 nitrogen and oxygen atoms in total. The third-order valence-electron chi connectivity index (χ3n) is 3.08. The van der Waals surface area contributed by atoms with Crippen LogP contribution in [0.3, 0.4) is 0 Å². The number of halogens is 1. The second kappa shape index (κ2) is 5.78. The number of ether oxygens (including phenoxy) is 1. The van der Waals surface area contributed by atoms with Gasteiger partial charge in [-0.1, -0.05) is 15.9 Å². The van der Waals surface area contributed by atoms with Crippen LogP contribution in [-0.4, -0.2) is 27.2 Å². The molecule has 1 aromatic rings. The molecule has 1 fully saturated rings. The molecule has 3 N–H and O–H groups in total. The molecule has 1 aliphatic carbocycles. The molecule has 0 radical (unpaired) electrons. The lowest BCUT2D eigenvalue weighted by Gasteiger charge is -2.35. The number of sulfonamides is 1. The van der Waals surface area contributed by atoms with E-state index in [-0.39, 0.29) is 22.7 Å². The van der Waals surface area contributed by atoms with Crippen molar-refractivity contribution in [1.29, 1.82) is 0 Å². The first-order valence-electron chi connectivity index (χ1n) is 6.11. The predicted octanol–water partition coefficient (Wildman–Crippen LogP) is 1.88. The second-order valence-electron chi connectivity index (χ2n) is 4.55. The van der Waals surface area contributed by atoms with Gasteiger partial charge < -0.3 is 10.5 Å². The summed E-state index contributed by atoms with van der Waals surface area (Å²) in [7, 11) is -3.56. The monoisotopic (exact) mass is 348 g/mol. The SMILES string of the molecule is CCOC1CC(NS(=O)(=O)c2ccc(Br)cc2N)C1. The minimum Gasteiger partial charge on any atom is -0.398 e. The zero-order chi connectivity index (χ0) is 14.0. The third kappa shape index (κ3) is 3.47. The number of nitrogens with two attached hydrogens (primary N) is 1. The Bertz CT molecular complexity index is 556. The average molecular weight is 349 g/mol. The van der Waals surface area contributed by atoms with Gasteiger partial charge in [-0.25, -0.2) is 13.1 Å². The molecule has 0 amide bonds. The summed E-state index contributed by atoms with van der Waals surface area (Å²) in [5.41, 5.74) is 5.98. The molecule has 0 saturated heterocycles. The molecule has 2 rings (SSSR count). The highest BCUT2D eigenvalue weighted by molar-refractivity contribution is 9.10. The number of benzene rings is 1. The molecule has 0 heterocycles. The van der Waals surface area contributed by atoms with Crippen molar-refractivity contribution in [3.05, 3.63) is 22.7 Å². The maximum absolute atomic E-state index is 12.2. The summed E-state index contributed by atoms with van der Waals surface area (Å²) in [5.74, 6) is 0. The van der Waals surface area contributed by atoms with Crippen molar-refractivity contribution < 1.29 is 13.2 Å². The first-order chi connectivity index (χ1) is 8.92. The molecule has 0 spiro atoms. The highest BCUT2D eigenvalue weighted by atomic mass is 79.9. The number of anilines is 1. The van der Waals surface area contributed by atoms with E-state index in [1.807, 2.05) is 6.92 Å². The van der Waals surface area contributed by atoms with E-state index in [0.717, 1.165) is 4.47 Å². The minimum absolute atomic E-state index is 0.0652. The van der Waals surface area contributed by atoms with E-state index >= 15 is 0 Å².